The molecular formula is C41H37N2O+. The Bertz CT molecular complexity index is 2370. The van der Waals surface area contributed by atoms with Crippen LogP contribution < -0.4 is 4.57 Å². The predicted octanol–water partition coefficient (Wildman–Crippen LogP) is 10.9. The summed E-state index contributed by atoms with van der Waals surface area (Å²) in [5.41, 5.74) is 15.0. The largest absolute Gasteiger partial charge is 0.464 e. The summed E-state index contributed by atoms with van der Waals surface area (Å²) in [6.45, 7) is 11.5. The fourth-order valence-corrected chi connectivity index (χ4v) is 7.35. The Morgan fingerprint density at radius 2 is 1.41 bits per heavy atom. The normalized spacial score (nSPS) is 12.3. The number of benzene rings is 5. The maximum atomic E-state index is 5.84. The topological polar surface area (TPSA) is 21.4 Å². The lowest BCUT2D eigenvalue weighted by atomic mass is 9.82. The molecule has 0 fully saturated rings. The van der Waals surface area contributed by atoms with Gasteiger partial charge in [0.25, 0.3) is 5.65 Å². The molecule has 0 N–H and O–H groups in total. The summed E-state index contributed by atoms with van der Waals surface area (Å²) >= 11 is 0. The first kappa shape index (κ1) is 26.7. The highest BCUT2D eigenvalue weighted by Crippen LogP contribution is 2.42. The minimum absolute atomic E-state index is 0.376. The van der Waals surface area contributed by atoms with Gasteiger partial charge in [-0.05, 0) is 75.9 Å². The minimum atomic E-state index is 0.376. The van der Waals surface area contributed by atoms with Crippen LogP contribution in [0.5, 0.6) is 0 Å². The highest BCUT2D eigenvalue weighted by molar-refractivity contribution is 6.15. The average Bonchev–Trinajstić information content (AvgIpc) is 3.61. The lowest BCUT2D eigenvalue weighted by Gasteiger charge is -2.22. The van der Waals surface area contributed by atoms with E-state index < -0.39 is 0 Å². The van der Waals surface area contributed by atoms with E-state index in [1.165, 1.54) is 71.8 Å². The molecule has 8 rings (SSSR count). The second kappa shape index (κ2) is 9.82. The highest BCUT2D eigenvalue weighted by atomic mass is 16.3. The molecular weight excluding hydrogens is 536 g/mol. The Labute approximate surface area is 258 Å². The van der Waals surface area contributed by atoms with E-state index in [4.69, 9.17) is 4.42 Å². The Morgan fingerprint density at radius 3 is 2.14 bits per heavy atom. The number of nitrogens with zero attached hydrogens (tertiary/aromatic N) is 2. The van der Waals surface area contributed by atoms with E-state index in [1.807, 2.05) is 0 Å². The molecule has 0 aliphatic rings. The first-order chi connectivity index (χ1) is 21.3. The molecule has 3 heterocycles. The number of aromatic nitrogens is 2. The van der Waals surface area contributed by atoms with E-state index in [9.17, 15) is 0 Å². The van der Waals surface area contributed by atoms with Crippen LogP contribution in [0.1, 0.15) is 56.2 Å². The molecule has 3 nitrogen and oxygen atoms in total. The van der Waals surface area contributed by atoms with Crippen LogP contribution in [0, 0.1) is 6.92 Å². The van der Waals surface area contributed by atoms with Gasteiger partial charge in [0.15, 0.2) is 11.0 Å². The number of hydrogen-bond acceptors (Lipinski definition) is 1. The first-order valence-corrected chi connectivity index (χ1v) is 15.7. The molecule has 0 aliphatic carbocycles. The molecule has 8 aromatic rings. The Balaban J connectivity index is 1.52. The molecule has 44 heavy (non-hydrogen) atoms. The van der Waals surface area contributed by atoms with Crippen LogP contribution in [-0.2, 0) is 7.05 Å². The summed E-state index contributed by atoms with van der Waals surface area (Å²) in [6, 6.07) is 36.0. The van der Waals surface area contributed by atoms with Crippen molar-refractivity contribution in [1.29, 1.82) is 0 Å². The Hall–Kier alpha value is -4.89. The fraction of sp³-hybridized carbons (Fsp3) is 0.195. The zero-order valence-electron chi connectivity index (χ0n) is 26.3. The van der Waals surface area contributed by atoms with Crippen LogP contribution in [0.4, 0.5) is 0 Å². The zero-order valence-corrected chi connectivity index (χ0v) is 26.3. The molecule has 0 unspecified atom stereocenters. The van der Waals surface area contributed by atoms with Crippen molar-refractivity contribution in [1.82, 2.24) is 4.40 Å². The number of imidazole rings is 1. The van der Waals surface area contributed by atoms with Crippen molar-refractivity contribution in [2.24, 2.45) is 7.05 Å². The standard InChI is InChI=1S/C41H37N2O/c1-24(2)33-19-30(27-12-8-7-9-13-27)20-34(25(3)4)40(33)29-15-16-31-32-14-10-11-26(5)39(32)41-42(6)36-23-38-28(17-18-44-38)21-37(36)43(41)35(31)22-29/h7-25H,1-6H3/q+1. The molecule has 0 saturated heterocycles. The molecule has 0 radical (unpaired) electrons. The molecule has 5 aromatic carbocycles. The number of pyridine rings is 1. The monoisotopic (exact) mass is 573 g/mol. The summed E-state index contributed by atoms with van der Waals surface area (Å²) < 4.78 is 10.7. The van der Waals surface area contributed by atoms with Gasteiger partial charge in [-0.25, -0.2) is 4.57 Å². The molecule has 0 aliphatic heterocycles. The van der Waals surface area contributed by atoms with Crippen LogP contribution in [0.25, 0.3) is 71.6 Å². The van der Waals surface area contributed by atoms with Crippen LogP contribution in [0.15, 0.2) is 108 Å². The summed E-state index contributed by atoms with van der Waals surface area (Å²) in [6.07, 6.45) is 1.78. The molecule has 0 amide bonds. The van der Waals surface area contributed by atoms with E-state index in [0.29, 0.717) is 11.8 Å². The second-order valence-corrected chi connectivity index (χ2v) is 13.0. The van der Waals surface area contributed by atoms with Gasteiger partial charge in [0.1, 0.15) is 11.1 Å². The van der Waals surface area contributed by atoms with Crippen molar-refractivity contribution in [2.75, 3.05) is 0 Å². The van der Waals surface area contributed by atoms with Crippen LogP contribution in [0.2, 0.25) is 0 Å². The van der Waals surface area contributed by atoms with Gasteiger partial charge in [-0.15, -0.1) is 0 Å². The molecule has 0 saturated carbocycles. The van der Waals surface area contributed by atoms with Gasteiger partial charge in [0.05, 0.1) is 18.7 Å². The number of aryl methyl sites for hydroxylation is 2. The van der Waals surface area contributed by atoms with Crippen molar-refractivity contribution in [3.05, 3.63) is 120 Å². The van der Waals surface area contributed by atoms with Gasteiger partial charge in [-0.3, -0.25) is 0 Å². The lowest BCUT2D eigenvalue weighted by molar-refractivity contribution is -0.617. The van der Waals surface area contributed by atoms with E-state index >= 15 is 0 Å². The maximum Gasteiger partial charge on any atom is 0.295 e. The number of hydrogen-bond donors (Lipinski definition) is 0. The number of rotatable bonds is 4. The third kappa shape index (κ3) is 3.85. The summed E-state index contributed by atoms with van der Waals surface area (Å²) in [7, 11) is 2.18. The quantitative estimate of drug-likeness (QED) is 0.152. The molecule has 0 atom stereocenters. The van der Waals surface area contributed by atoms with Gasteiger partial charge in [0.2, 0.25) is 0 Å². The van der Waals surface area contributed by atoms with Crippen molar-refractivity contribution in [2.45, 2.75) is 46.5 Å². The van der Waals surface area contributed by atoms with Crippen LogP contribution in [0.3, 0.4) is 0 Å². The van der Waals surface area contributed by atoms with Gasteiger partial charge in [-0.2, -0.15) is 4.40 Å². The van der Waals surface area contributed by atoms with Gasteiger partial charge < -0.3 is 4.42 Å². The van der Waals surface area contributed by atoms with Gasteiger partial charge in [-0.1, -0.05) is 94.4 Å². The molecule has 0 spiro atoms. The van der Waals surface area contributed by atoms with Crippen LogP contribution in [-0.4, -0.2) is 4.40 Å². The summed E-state index contributed by atoms with van der Waals surface area (Å²) in [5, 5.41) is 4.96. The van der Waals surface area contributed by atoms with Crippen molar-refractivity contribution < 1.29 is 8.98 Å². The van der Waals surface area contributed by atoms with E-state index in [2.05, 4.69) is 148 Å². The second-order valence-electron chi connectivity index (χ2n) is 13.0. The van der Waals surface area contributed by atoms with E-state index in [-0.39, 0.29) is 0 Å². The molecule has 216 valence electrons. The van der Waals surface area contributed by atoms with Gasteiger partial charge in [0, 0.05) is 28.3 Å². The van der Waals surface area contributed by atoms with Crippen LogP contribution >= 0.6 is 0 Å². The summed E-state index contributed by atoms with van der Waals surface area (Å²) in [4.78, 5) is 0. The highest BCUT2D eigenvalue weighted by Gasteiger charge is 2.26. The van der Waals surface area contributed by atoms with Crippen molar-refractivity contribution >= 4 is 49.3 Å². The molecule has 0 bridgehead atoms. The Kier molecular flexibility index (Phi) is 5.96. The maximum absolute atomic E-state index is 5.84. The third-order valence-electron chi connectivity index (χ3n) is 9.55. The number of furan rings is 1. The van der Waals surface area contributed by atoms with Gasteiger partial charge >= 0.3 is 0 Å². The van der Waals surface area contributed by atoms with Crippen molar-refractivity contribution in [3.8, 4) is 22.3 Å². The minimum Gasteiger partial charge on any atom is -0.464 e. The summed E-state index contributed by atoms with van der Waals surface area (Å²) in [5.74, 6) is 0.751. The van der Waals surface area contributed by atoms with E-state index in [0.717, 1.165) is 16.5 Å². The average molecular weight is 574 g/mol. The number of fused-ring (bicyclic) bond motifs is 9. The predicted molar refractivity (Wildman–Crippen MR) is 185 cm³/mol. The van der Waals surface area contributed by atoms with E-state index in [1.54, 1.807) is 6.26 Å². The van der Waals surface area contributed by atoms with Crippen molar-refractivity contribution in [3.63, 3.8) is 0 Å². The smallest absolute Gasteiger partial charge is 0.295 e. The lowest BCUT2D eigenvalue weighted by Crippen LogP contribution is -2.27. The molecule has 3 aromatic heterocycles. The zero-order chi connectivity index (χ0) is 30.3. The fourth-order valence-electron chi connectivity index (χ4n) is 7.35. The SMILES string of the molecule is Cc1cccc2c3ccc(-c4c(C(C)C)cc(-c5ccccc5)cc4C(C)C)cc3n3c4cc5ccoc5cc4[n+](C)c3c12. The Morgan fingerprint density at radius 1 is 0.659 bits per heavy atom. The third-order valence-corrected chi connectivity index (χ3v) is 9.55. The molecule has 3 heteroatoms. The first-order valence-electron chi connectivity index (χ1n) is 15.7.